The topological polar surface area (TPSA) is 49.9 Å². The van der Waals surface area contributed by atoms with Crippen molar-refractivity contribution in [2.24, 2.45) is 0 Å². The summed E-state index contributed by atoms with van der Waals surface area (Å²) in [7, 11) is 1.67. The second kappa shape index (κ2) is 4.22. The number of H-pyrrole nitrogens is 1. The maximum atomic E-state index is 5.14. The van der Waals surface area contributed by atoms with Gasteiger partial charge < -0.3 is 15.0 Å². The van der Waals surface area contributed by atoms with Crippen molar-refractivity contribution in [2.75, 3.05) is 20.2 Å². The van der Waals surface area contributed by atoms with Gasteiger partial charge in [-0.1, -0.05) is 0 Å². The van der Waals surface area contributed by atoms with Crippen molar-refractivity contribution in [2.45, 2.75) is 5.92 Å². The lowest BCUT2D eigenvalue weighted by atomic mass is 10.0. The van der Waals surface area contributed by atoms with Gasteiger partial charge in [0.15, 0.2) is 0 Å². The van der Waals surface area contributed by atoms with E-state index in [1.165, 1.54) is 0 Å². The first-order valence-corrected chi connectivity index (χ1v) is 5.77. The third-order valence-electron chi connectivity index (χ3n) is 3.16. The summed E-state index contributed by atoms with van der Waals surface area (Å²) in [5.41, 5.74) is 2.20. The Labute approximate surface area is 100 Å². The summed E-state index contributed by atoms with van der Waals surface area (Å²) in [6.07, 6.45) is 1.90. The molecule has 0 bridgehead atoms. The van der Waals surface area contributed by atoms with Crippen molar-refractivity contribution in [3.63, 3.8) is 0 Å². The van der Waals surface area contributed by atoms with Crippen LogP contribution < -0.4 is 10.1 Å². The maximum Gasteiger partial charge on any atom is 0.118 e. The molecule has 4 nitrogen and oxygen atoms in total. The molecule has 2 N–H and O–H groups in total. The zero-order chi connectivity index (χ0) is 11.7. The van der Waals surface area contributed by atoms with E-state index in [0.717, 1.165) is 35.9 Å². The fourth-order valence-electron chi connectivity index (χ4n) is 1.94. The van der Waals surface area contributed by atoms with Gasteiger partial charge in [-0.15, -0.1) is 0 Å². The molecular formula is C13H15N3O. The van der Waals surface area contributed by atoms with E-state index < -0.39 is 0 Å². The summed E-state index contributed by atoms with van der Waals surface area (Å²) in [4.78, 5) is 7.81. The minimum atomic E-state index is 0.544. The summed E-state index contributed by atoms with van der Waals surface area (Å²) < 4.78 is 5.14. The van der Waals surface area contributed by atoms with Crippen molar-refractivity contribution in [1.82, 2.24) is 15.3 Å². The Kier molecular flexibility index (Phi) is 2.57. The zero-order valence-corrected chi connectivity index (χ0v) is 9.73. The number of rotatable bonds is 3. The van der Waals surface area contributed by atoms with E-state index in [9.17, 15) is 0 Å². The Morgan fingerprint density at radius 3 is 2.59 bits per heavy atom. The van der Waals surface area contributed by atoms with Crippen LogP contribution in [-0.2, 0) is 0 Å². The highest BCUT2D eigenvalue weighted by atomic mass is 16.5. The maximum absolute atomic E-state index is 5.14. The van der Waals surface area contributed by atoms with E-state index in [4.69, 9.17) is 4.74 Å². The molecule has 1 aromatic carbocycles. The quantitative estimate of drug-likeness (QED) is 0.843. The first-order chi connectivity index (χ1) is 8.36. The smallest absolute Gasteiger partial charge is 0.118 e. The summed E-state index contributed by atoms with van der Waals surface area (Å²) in [5, 5.41) is 3.25. The van der Waals surface area contributed by atoms with Crippen molar-refractivity contribution >= 4 is 0 Å². The first-order valence-electron chi connectivity index (χ1n) is 5.77. The van der Waals surface area contributed by atoms with Crippen LogP contribution in [-0.4, -0.2) is 30.2 Å². The molecule has 1 fully saturated rings. The van der Waals surface area contributed by atoms with Crippen LogP contribution in [0.2, 0.25) is 0 Å². The van der Waals surface area contributed by atoms with Crippen molar-refractivity contribution in [3.05, 3.63) is 36.3 Å². The molecule has 0 atom stereocenters. The number of methoxy groups -OCH3 is 1. The molecule has 1 saturated heterocycles. The van der Waals surface area contributed by atoms with Gasteiger partial charge in [-0.25, -0.2) is 4.98 Å². The average molecular weight is 229 g/mol. The lowest BCUT2D eigenvalue weighted by Crippen LogP contribution is -2.40. The number of nitrogens with one attached hydrogen (secondary N) is 2. The van der Waals surface area contributed by atoms with Crippen LogP contribution >= 0.6 is 0 Å². The number of benzene rings is 1. The molecule has 1 aliphatic rings. The Morgan fingerprint density at radius 2 is 2.00 bits per heavy atom. The number of hydrogen-bond donors (Lipinski definition) is 2. The Hall–Kier alpha value is -1.81. The summed E-state index contributed by atoms with van der Waals surface area (Å²) in [5.74, 6) is 2.49. The number of ether oxygens (including phenoxy) is 1. The molecule has 2 heterocycles. The van der Waals surface area contributed by atoms with Crippen LogP contribution in [0.15, 0.2) is 30.5 Å². The molecule has 1 aromatic heterocycles. The third kappa shape index (κ3) is 1.91. The molecule has 0 aliphatic carbocycles. The molecule has 0 saturated carbocycles. The second-order valence-electron chi connectivity index (χ2n) is 4.27. The average Bonchev–Trinajstić information content (AvgIpc) is 2.76. The molecule has 2 aromatic rings. The van der Waals surface area contributed by atoms with Crippen LogP contribution in [0.3, 0.4) is 0 Å². The van der Waals surface area contributed by atoms with Crippen LogP contribution in [0.25, 0.3) is 11.3 Å². The number of imidazole rings is 1. The highest BCUT2D eigenvalue weighted by Crippen LogP contribution is 2.23. The van der Waals surface area contributed by atoms with E-state index in [1.54, 1.807) is 7.11 Å². The van der Waals surface area contributed by atoms with Gasteiger partial charge in [-0.2, -0.15) is 0 Å². The third-order valence-corrected chi connectivity index (χ3v) is 3.16. The molecule has 0 amide bonds. The molecule has 4 heteroatoms. The van der Waals surface area contributed by atoms with E-state index in [2.05, 4.69) is 15.3 Å². The number of aromatic amines is 1. The lowest BCUT2D eigenvalue weighted by molar-refractivity contribution is 0.415. The molecule has 0 radical (unpaired) electrons. The monoisotopic (exact) mass is 229 g/mol. The van der Waals surface area contributed by atoms with Gasteiger partial charge in [0.1, 0.15) is 11.6 Å². The summed E-state index contributed by atoms with van der Waals surface area (Å²) >= 11 is 0. The standard InChI is InChI=1S/C13H15N3O/c1-17-11-4-2-9(3-5-11)12-8-15-13(16-12)10-6-14-7-10/h2-5,8,10,14H,6-7H2,1H3,(H,15,16). The SMILES string of the molecule is COc1ccc(-c2cnc(C3CNC3)[nH]2)cc1. The van der Waals surface area contributed by atoms with Gasteiger partial charge in [0.2, 0.25) is 0 Å². The number of nitrogens with zero attached hydrogens (tertiary/aromatic N) is 1. The Balaban J connectivity index is 1.84. The van der Waals surface area contributed by atoms with Crippen molar-refractivity contribution in [1.29, 1.82) is 0 Å². The van der Waals surface area contributed by atoms with Crippen LogP contribution in [0.4, 0.5) is 0 Å². The normalized spacial score (nSPS) is 15.6. The molecule has 17 heavy (non-hydrogen) atoms. The van der Waals surface area contributed by atoms with Crippen molar-refractivity contribution < 1.29 is 4.74 Å². The van der Waals surface area contributed by atoms with Gasteiger partial charge in [-0.3, -0.25) is 0 Å². The minimum absolute atomic E-state index is 0.544. The summed E-state index contributed by atoms with van der Waals surface area (Å²) in [6, 6.07) is 7.99. The number of aromatic nitrogens is 2. The predicted octanol–water partition coefficient (Wildman–Crippen LogP) is 1.77. The Bertz CT molecular complexity index is 500. The zero-order valence-electron chi connectivity index (χ0n) is 9.73. The fraction of sp³-hybridized carbons (Fsp3) is 0.308. The summed E-state index contributed by atoms with van der Waals surface area (Å²) in [6.45, 7) is 2.05. The minimum Gasteiger partial charge on any atom is -0.497 e. The molecule has 0 unspecified atom stereocenters. The van der Waals surface area contributed by atoms with E-state index >= 15 is 0 Å². The van der Waals surface area contributed by atoms with Gasteiger partial charge in [0.05, 0.1) is 19.0 Å². The highest BCUT2D eigenvalue weighted by Gasteiger charge is 2.21. The number of hydrogen-bond acceptors (Lipinski definition) is 3. The first kappa shape index (κ1) is 10.4. The largest absolute Gasteiger partial charge is 0.497 e. The van der Waals surface area contributed by atoms with Crippen LogP contribution in [0.1, 0.15) is 11.7 Å². The van der Waals surface area contributed by atoms with E-state index in [0.29, 0.717) is 5.92 Å². The van der Waals surface area contributed by atoms with Gasteiger partial charge in [0.25, 0.3) is 0 Å². The van der Waals surface area contributed by atoms with Gasteiger partial charge in [0, 0.05) is 19.0 Å². The molecule has 1 aliphatic heterocycles. The second-order valence-corrected chi connectivity index (χ2v) is 4.27. The lowest BCUT2D eigenvalue weighted by Gasteiger charge is -2.24. The van der Waals surface area contributed by atoms with Crippen molar-refractivity contribution in [3.8, 4) is 17.0 Å². The van der Waals surface area contributed by atoms with E-state index in [-0.39, 0.29) is 0 Å². The Morgan fingerprint density at radius 1 is 1.24 bits per heavy atom. The van der Waals surface area contributed by atoms with Crippen LogP contribution in [0.5, 0.6) is 5.75 Å². The molecule has 0 spiro atoms. The van der Waals surface area contributed by atoms with Gasteiger partial charge in [-0.05, 0) is 29.8 Å². The van der Waals surface area contributed by atoms with Crippen LogP contribution in [0, 0.1) is 0 Å². The van der Waals surface area contributed by atoms with E-state index in [1.807, 2.05) is 30.5 Å². The highest BCUT2D eigenvalue weighted by molar-refractivity contribution is 5.59. The fourth-order valence-corrected chi connectivity index (χ4v) is 1.94. The predicted molar refractivity (Wildman–Crippen MR) is 66.2 cm³/mol. The molecular weight excluding hydrogens is 214 g/mol. The van der Waals surface area contributed by atoms with Gasteiger partial charge >= 0.3 is 0 Å². The molecule has 88 valence electrons. The molecule has 3 rings (SSSR count).